The van der Waals surface area contributed by atoms with E-state index in [9.17, 15) is 9.18 Å². The van der Waals surface area contributed by atoms with E-state index in [1.54, 1.807) is 12.1 Å². The largest absolute Gasteiger partial charge is 0.494 e. The zero-order valence-electron chi connectivity index (χ0n) is 13.3. The summed E-state index contributed by atoms with van der Waals surface area (Å²) < 4.78 is 18.5. The highest BCUT2D eigenvalue weighted by atomic mass is 19.1. The summed E-state index contributed by atoms with van der Waals surface area (Å²) in [5, 5.41) is 2.77. The van der Waals surface area contributed by atoms with Gasteiger partial charge in [-0.3, -0.25) is 4.79 Å². The van der Waals surface area contributed by atoms with Crippen LogP contribution >= 0.6 is 0 Å². The molecule has 2 aromatic carbocycles. The van der Waals surface area contributed by atoms with Crippen LogP contribution in [0.15, 0.2) is 42.5 Å². The van der Waals surface area contributed by atoms with Crippen LogP contribution < -0.4 is 15.8 Å². The molecule has 0 saturated carbocycles. The first kappa shape index (κ1) is 17.0. The molecule has 0 spiro atoms. The standard InChI is InChI=1S/C18H21FN2O2/c1-12-3-6-14(7-4-12)17(20)18(22)21-10-9-13-5-8-16(23-2)15(19)11-13/h3-8,11,17H,9-10,20H2,1-2H3,(H,21,22). The monoisotopic (exact) mass is 316 g/mol. The number of nitrogens with two attached hydrogens (primary N) is 1. The van der Waals surface area contributed by atoms with E-state index in [4.69, 9.17) is 10.5 Å². The summed E-state index contributed by atoms with van der Waals surface area (Å²) in [6, 6.07) is 11.6. The molecule has 0 aliphatic carbocycles. The highest BCUT2D eigenvalue weighted by Gasteiger charge is 2.15. The van der Waals surface area contributed by atoms with Gasteiger partial charge in [0.15, 0.2) is 11.6 Å². The number of carbonyl (C=O) groups is 1. The Morgan fingerprint density at radius 2 is 1.96 bits per heavy atom. The number of aryl methyl sites for hydroxylation is 1. The van der Waals surface area contributed by atoms with Crippen molar-refractivity contribution in [2.24, 2.45) is 5.73 Å². The smallest absolute Gasteiger partial charge is 0.241 e. The van der Waals surface area contributed by atoms with Crippen LogP contribution in [0.2, 0.25) is 0 Å². The van der Waals surface area contributed by atoms with Gasteiger partial charge in [0.1, 0.15) is 6.04 Å². The van der Waals surface area contributed by atoms with Crippen LogP contribution in [0.1, 0.15) is 22.7 Å². The van der Waals surface area contributed by atoms with E-state index in [1.807, 2.05) is 31.2 Å². The van der Waals surface area contributed by atoms with Crippen molar-refractivity contribution in [1.82, 2.24) is 5.32 Å². The second kappa shape index (κ2) is 7.74. The number of benzene rings is 2. The molecule has 0 aliphatic heterocycles. The maximum atomic E-state index is 13.6. The number of amides is 1. The van der Waals surface area contributed by atoms with Gasteiger partial charge < -0.3 is 15.8 Å². The number of hydrogen-bond acceptors (Lipinski definition) is 3. The third-order valence-electron chi connectivity index (χ3n) is 3.65. The predicted octanol–water partition coefficient (Wildman–Crippen LogP) is 2.50. The third kappa shape index (κ3) is 4.53. The lowest BCUT2D eigenvalue weighted by atomic mass is 10.1. The van der Waals surface area contributed by atoms with Crippen LogP contribution in [0.3, 0.4) is 0 Å². The van der Waals surface area contributed by atoms with E-state index in [2.05, 4.69) is 5.32 Å². The Morgan fingerprint density at radius 1 is 1.26 bits per heavy atom. The molecule has 1 amide bonds. The summed E-state index contributed by atoms with van der Waals surface area (Å²) in [5.74, 6) is -0.449. The molecule has 0 bridgehead atoms. The number of rotatable bonds is 6. The average Bonchev–Trinajstić information content (AvgIpc) is 2.55. The lowest BCUT2D eigenvalue weighted by Crippen LogP contribution is -2.35. The first-order valence-corrected chi connectivity index (χ1v) is 7.43. The maximum Gasteiger partial charge on any atom is 0.241 e. The number of methoxy groups -OCH3 is 1. The van der Waals surface area contributed by atoms with E-state index < -0.39 is 11.9 Å². The van der Waals surface area contributed by atoms with Gasteiger partial charge in [-0.25, -0.2) is 4.39 Å². The molecule has 4 nitrogen and oxygen atoms in total. The van der Waals surface area contributed by atoms with Gasteiger partial charge >= 0.3 is 0 Å². The molecule has 0 aliphatic rings. The van der Waals surface area contributed by atoms with Gasteiger partial charge in [0.2, 0.25) is 5.91 Å². The zero-order valence-corrected chi connectivity index (χ0v) is 13.3. The molecular weight excluding hydrogens is 295 g/mol. The van der Waals surface area contributed by atoms with Crippen LogP contribution in [-0.2, 0) is 11.2 Å². The van der Waals surface area contributed by atoms with Gasteiger partial charge in [0.25, 0.3) is 0 Å². The van der Waals surface area contributed by atoms with Gasteiger partial charge in [0.05, 0.1) is 7.11 Å². The molecule has 0 aromatic heterocycles. The van der Waals surface area contributed by atoms with Crippen molar-refractivity contribution < 1.29 is 13.9 Å². The van der Waals surface area contributed by atoms with E-state index in [1.165, 1.54) is 13.2 Å². The fourth-order valence-electron chi connectivity index (χ4n) is 2.23. The van der Waals surface area contributed by atoms with E-state index in [0.29, 0.717) is 13.0 Å². The molecule has 1 atom stereocenters. The number of ether oxygens (including phenoxy) is 1. The third-order valence-corrected chi connectivity index (χ3v) is 3.65. The van der Waals surface area contributed by atoms with Crippen LogP contribution in [0.5, 0.6) is 5.75 Å². The van der Waals surface area contributed by atoms with Crippen molar-refractivity contribution in [3.8, 4) is 5.75 Å². The Bertz CT molecular complexity index is 671. The summed E-state index contributed by atoms with van der Waals surface area (Å²) in [5.41, 5.74) is 8.61. The Balaban J connectivity index is 1.87. The zero-order chi connectivity index (χ0) is 16.8. The van der Waals surface area contributed by atoms with Gasteiger partial charge in [-0.1, -0.05) is 35.9 Å². The topological polar surface area (TPSA) is 64.3 Å². The van der Waals surface area contributed by atoms with E-state index in [-0.39, 0.29) is 11.7 Å². The summed E-state index contributed by atoms with van der Waals surface area (Å²) in [6.45, 7) is 2.37. The molecule has 0 radical (unpaired) electrons. The van der Waals surface area contributed by atoms with E-state index >= 15 is 0 Å². The van der Waals surface area contributed by atoms with Gasteiger partial charge in [-0.15, -0.1) is 0 Å². The first-order valence-electron chi connectivity index (χ1n) is 7.43. The van der Waals surface area contributed by atoms with Crippen molar-refractivity contribution >= 4 is 5.91 Å². The number of hydrogen-bond donors (Lipinski definition) is 2. The summed E-state index contributed by atoms with van der Waals surface area (Å²) in [4.78, 5) is 12.1. The molecule has 0 fully saturated rings. The Morgan fingerprint density at radius 3 is 2.57 bits per heavy atom. The lowest BCUT2D eigenvalue weighted by Gasteiger charge is -2.13. The van der Waals surface area contributed by atoms with Crippen molar-refractivity contribution in [2.75, 3.05) is 13.7 Å². The fraction of sp³-hybridized carbons (Fsp3) is 0.278. The lowest BCUT2D eigenvalue weighted by molar-refractivity contribution is -0.122. The van der Waals surface area contributed by atoms with Crippen LogP contribution in [0, 0.1) is 12.7 Å². The minimum absolute atomic E-state index is 0.208. The van der Waals surface area contributed by atoms with Crippen LogP contribution in [0.4, 0.5) is 4.39 Å². The van der Waals surface area contributed by atoms with Gasteiger partial charge in [-0.05, 0) is 36.6 Å². The molecule has 1 unspecified atom stereocenters. The summed E-state index contributed by atoms with van der Waals surface area (Å²) >= 11 is 0. The molecule has 3 N–H and O–H groups in total. The highest BCUT2D eigenvalue weighted by Crippen LogP contribution is 2.18. The molecule has 0 heterocycles. The predicted molar refractivity (Wildman–Crippen MR) is 87.8 cm³/mol. The van der Waals surface area contributed by atoms with Gasteiger partial charge in [0, 0.05) is 6.54 Å². The van der Waals surface area contributed by atoms with Crippen molar-refractivity contribution in [3.05, 3.63) is 65.0 Å². The normalized spacial score (nSPS) is 11.8. The van der Waals surface area contributed by atoms with Crippen molar-refractivity contribution in [1.29, 1.82) is 0 Å². The van der Waals surface area contributed by atoms with Crippen LogP contribution in [-0.4, -0.2) is 19.6 Å². The Hall–Kier alpha value is -2.40. The average molecular weight is 316 g/mol. The quantitative estimate of drug-likeness (QED) is 0.860. The number of halogens is 1. The SMILES string of the molecule is COc1ccc(CCNC(=O)C(N)c2ccc(C)cc2)cc1F. The maximum absolute atomic E-state index is 13.6. The Labute approximate surface area is 135 Å². The van der Waals surface area contributed by atoms with E-state index in [0.717, 1.165) is 16.7 Å². The number of nitrogens with one attached hydrogen (secondary N) is 1. The summed E-state index contributed by atoms with van der Waals surface area (Å²) in [6.07, 6.45) is 0.521. The first-order chi connectivity index (χ1) is 11.0. The van der Waals surface area contributed by atoms with Crippen molar-refractivity contribution in [2.45, 2.75) is 19.4 Å². The summed E-state index contributed by atoms with van der Waals surface area (Å²) in [7, 11) is 1.42. The molecule has 2 rings (SSSR count). The molecule has 122 valence electrons. The van der Waals surface area contributed by atoms with Crippen molar-refractivity contribution in [3.63, 3.8) is 0 Å². The number of carbonyl (C=O) groups excluding carboxylic acids is 1. The second-order valence-electron chi connectivity index (χ2n) is 5.40. The molecule has 2 aromatic rings. The molecule has 5 heteroatoms. The van der Waals surface area contributed by atoms with Crippen LogP contribution in [0.25, 0.3) is 0 Å². The molecule has 0 saturated heterocycles. The Kier molecular flexibility index (Phi) is 5.71. The molecule has 23 heavy (non-hydrogen) atoms. The molecular formula is C18H21FN2O2. The highest BCUT2D eigenvalue weighted by molar-refractivity contribution is 5.82. The second-order valence-corrected chi connectivity index (χ2v) is 5.40. The minimum atomic E-state index is -0.705. The minimum Gasteiger partial charge on any atom is -0.494 e. The fourth-order valence-corrected chi connectivity index (χ4v) is 2.23. The van der Waals surface area contributed by atoms with Gasteiger partial charge in [-0.2, -0.15) is 0 Å².